The van der Waals surface area contributed by atoms with E-state index in [-0.39, 0.29) is 24.1 Å². The van der Waals surface area contributed by atoms with Gasteiger partial charge in [0, 0.05) is 24.7 Å². The lowest BCUT2D eigenvalue weighted by Crippen LogP contribution is -2.46. The second kappa shape index (κ2) is 12.2. The van der Waals surface area contributed by atoms with Crippen molar-refractivity contribution in [2.45, 2.75) is 50.1 Å². The molecule has 6 nitrogen and oxygen atoms in total. The van der Waals surface area contributed by atoms with Gasteiger partial charge in [-0.3, -0.25) is 4.79 Å². The van der Waals surface area contributed by atoms with Gasteiger partial charge in [-0.25, -0.2) is 4.39 Å². The molecule has 3 N–H and O–H groups in total. The average molecular weight is 589 g/mol. The quantitative estimate of drug-likeness (QED) is 0.229. The first-order valence-electron chi connectivity index (χ1n) is 13.5. The number of benzene rings is 2. The normalized spacial score (nSPS) is 19.4. The summed E-state index contributed by atoms with van der Waals surface area (Å²) in [6.07, 6.45) is -4.03. The Labute approximate surface area is 240 Å². The Kier molecular flexibility index (Phi) is 8.61. The minimum Gasteiger partial charge on any atom is -0.495 e. The fourth-order valence-corrected chi connectivity index (χ4v) is 6.09. The van der Waals surface area contributed by atoms with E-state index in [0.29, 0.717) is 50.6 Å². The maximum atomic E-state index is 14.7. The van der Waals surface area contributed by atoms with Crippen molar-refractivity contribution in [2.24, 2.45) is 0 Å². The predicted octanol–water partition coefficient (Wildman–Crippen LogP) is 5.82. The van der Waals surface area contributed by atoms with Crippen LogP contribution in [0, 0.1) is 11.8 Å². The van der Waals surface area contributed by atoms with E-state index in [0.717, 1.165) is 19.4 Å². The fraction of sp³-hybridized carbons (Fsp3) is 0.433. The van der Waals surface area contributed by atoms with E-state index >= 15 is 0 Å². The zero-order valence-corrected chi connectivity index (χ0v) is 23.6. The van der Waals surface area contributed by atoms with Crippen molar-refractivity contribution in [2.75, 3.05) is 44.4 Å². The van der Waals surface area contributed by atoms with Gasteiger partial charge in [0.15, 0.2) is 0 Å². The third-order valence-electron chi connectivity index (χ3n) is 7.23. The molecule has 2 aromatic carbocycles. The van der Waals surface area contributed by atoms with Crippen molar-refractivity contribution in [3.05, 3.63) is 52.4 Å². The molecule has 0 radical (unpaired) electrons. The van der Waals surface area contributed by atoms with Gasteiger partial charge in [-0.05, 0) is 61.5 Å². The Morgan fingerprint density at radius 3 is 2.68 bits per heavy atom. The van der Waals surface area contributed by atoms with Gasteiger partial charge in [-0.15, -0.1) is 11.3 Å². The van der Waals surface area contributed by atoms with Crippen LogP contribution in [0.2, 0.25) is 0 Å². The number of methoxy groups -OCH3 is 1. The molecule has 0 bridgehead atoms. The number of hydrogen-bond donors (Lipinski definition) is 3. The van der Waals surface area contributed by atoms with Gasteiger partial charge in [0.25, 0.3) is 5.91 Å². The van der Waals surface area contributed by atoms with Gasteiger partial charge in [0.05, 0.1) is 47.1 Å². The molecule has 41 heavy (non-hydrogen) atoms. The Morgan fingerprint density at radius 1 is 1.17 bits per heavy atom. The van der Waals surface area contributed by atoms with E-state index in [1.54, 1.807) is 36.4 Å². The molecule has 0 spiro atoms. The summed E-state index contributed by atoms with van der Waals surface area (Å²) >= 11 is 1.18. The van der Waals surface area contributed by atoms with Gasteiger partial charge in [0.1, 0.15) is 11.9 Å². The number of ether oxygens (including phenoxy) is 1. The third-order valence-corrected chi connectivity index (χ3v) is 8.42. The van der Waals surface area contributed by atoms with E-state index in [2.05, 4.69) is 27.8 Å². The minimum absolute atomic E-state index is 0.123. The van der Waals surface area contributed by atoms with Gasteiger partial charge in [-0.1, -0.05) is 24.0 Å². The molecule has 1 aliphatic carbocycles. The molecular formula is C30H32F4N4O2S. The molecule has 3 aromatic rings. The largest absolute Gasteiger partial charge is 0.495 e. The number of anilines is 2. The SMILES string of the molecule is COc1cc(C(=O)NC2CC2)ccc1NCC#Cc1sc2c(NC3CCN(C)CC3F)cccc2c1CC(F)(F)F. The zero-order chi connectivity index (χ0) is 29.1. The van der Waals surface area contributed by atoms with Gasteiger partial charge >= 0.3 is 6.18 Å². The number of amides is 1. The van der Waals surface area contributed by atoms with Crippen LogP contribution in [0.25, 0.3) is 10.1 Å². The van der Waals surface area contributed by atoms with E-state index in [1.165, 1.54) is 18.4 Å². The standard InChI is InChI=1S/C30H32F4N4O2S/c1-38-14-12-23(22(31)17-38)37-25-6-3-5-20-21(16-30(32,33)34)27(41-28(20)25)7-4-13-35-24-11-8-18(15-26(24)40-2)29(39)36-19-9-10-19/h3,5-6,8,11,15,19,22-23,35,37H,9-10,12-14,16-17H2,1-2H3,(H,36,39). The van der Waals surface area contributed by atoms with Crippen molar-refractivity contribution in [3.8, 4) is 17.6 Å². The molecule has 218 valence electrons. The number of fused-ring (bicyclic) bond motifs is 1. The van der Waals surface area contributed by atoms with Crippen molar-refractivity contribution in [1.29, 1.82) is 0 Å². The average Bonchev–Trinajstić information content (AvgIpc) is 3.68. The number of halogens is 4. The number of hydrogen-bond acceptors (Lipinski definition) is 6. The monoisotopic (exact) mass is 588 g/mol. The van der Waals surface area contributed by atoms with Crippen molar-refractivity contribution < 1.29 is 27.1 Å². The van der Waals surface area contributed by atoms with Crippen molar-refractivity contribution >= 4 is 38.7 Å². The zero-order valence-electron chi connectivity index (χ0n) is 22.8. The number of piperidine rings is 1. The molecule has 1 aliphatic heterocycles. The maximum absolute atomic E-state index is 14.7. The second-order valence-corrected chi connectivity index (χ2v) is 11.5. The molecular weight excluding hydrogens is 556 g/mol. The highest BCUT2D eigenvalue weighted by atomic mass is 32.1. The van der Waals surface area contributed by atoms with E-state index in [1.807, 2.05) is 11.9 Å². The highest BCUT2D eigenvalue weighted by Gasteiger charge is 2.32. The van der Waals surface area contributed by atoms with Crippen LogP contribution in [0.5, 0.6) is 5.75 Å². The summed E-state index contributed by atoms with van der Waals surface area (Å²) in [6, 6.07) is 10.0. The van der Waals surface area contributed by atoms with E-state index in [9.17, 15) is 22.4 Å². The summed E-state index contributed by atoms with van der Waals surface area (Å²) in [7, 11) is 3.36. The Balaban J connectivity index is 1.35. The lowest BCUT2D eigenvalue weighted by Gasteiger charge is -2.33. The lowest BCUT2D eigenvalue weighted by atomic mass is 10.0. The van der Waals surface area contributed by atoms with Crippen LogP contribution in [0.1, 0.15) is 40.1 Å². The number of carbonyl (C=O) groups excluding carboxylic acids is 1. The van der Waals surface area contributed by atoms with Gasteiger partial charge in [-0.2, -0.15) is 13.2 Å². The van der Waals surface area contributed by atoms with Crippen LogP contribution >= 0.6 is 11.3 Å². The number of thiophene rings is 1. The van der Waals surface area contributed by atoms with E-state index in [4.69, 9.17) is 4.74 Å². The first kappa shape index (κ1) is 29.0. The smallest absolute Gasteiger partial charge is 0.393 e. The summed E-state index contributed by atoms with van der Waals surface area (Å²) in [5.74, 6) is 6.17. The summed E-state index contributed by atoms with van der Waals surface area (Å²) in [5, 5.41) is 9.78. The summed E-state index contributed by atoms with van der Waals surface area (Å²) < 4.78 is 61.5. The first-order valence-corrected chi connectivity index (χ1v) is 14.3. The summed E-state index contributed by atoms with van der Waals surface area (Å²) in [5.41, 5.74) is 1.84. The Hall–Kier alpha value is -3.49. The first-order chi connectivity index (χ1) is 19.6. The van der Waals surface area contributed by atoms with Crippen LogP contribution in [0.15, 0.2) is 36.4 Å². The second-order valence-electron chi connectivity index (χ2n) is 10.5. The van der Waals surface area contributed by atoms with Crippen LogP contribution in [-0.4, -0.2) is 69.0 Å². The molecule has 1 saturated carbocycles. The molecule has 11 heteroatoms. The molecule has 2 aliphatic rings. The molecule has 1 saturated heterocycles. The molecule has 2 atom stereocenters. The molecule has 5 rings (SSSR count). The van der Waals surface area contributed by atoms with Gasteiger partial charge in [0.2, 0.25) is 0 Å². The number of carbonyl (C=O) groups is 1. The predicted molar refractivity (Wildman–Crippen MR) is 155 cm³/mol. The van der Waals surface area contributed by atoms with Crippen LogP contribution in [0.3, 0.4) is 0 Å². The number of nitrogens with one attached hydrogen (secondary N) is 3. The highest BCUT2D eigenvalue weighted by molar-refractivity contribution is 7.20. The highest BCUT2D eigenvalue weighted by Crippen LogP contribution is 2.39. The van der Waals surface area contributed by atoms with Crippen molar-refractivity contribution in [1.82, 2.24) is 10.2 Å². The Bertz CT molecular complexity index is 1470. The fourth-order valence-electron chi connectivity index (χ4n) is 4.92. The lowest BCUT2D eigenvalue weighted by molar-refractivity contribution is -0.126. The van der Waals surface area contributed by atoms with Crippen LogP contribution in [-0.2, 0) is 6.42 Å². The summed E-state index contributed by atoms with van der Waals surface area (Å²) in [4.78, 5) is 14.6. The minimum atomic E-state index is -4.41. The number of nitrogens with zero attached hydrogens (tertiary/aromatic N) is 1. The van der Waals surface area contributed by atoms with Gasteiger partial charge < -0.3 is 25.6 Å². The molecule has 1 amide bonds. The summed E-state index contributed by atoms with van der Waals surface area (Å²) in [6.45, 7) is 1.19. The molecule has 2 fully saturated rings. The number of rotatable bonds is 8. The maximum Gasteiger partial charge on any atom is 0.393 e. The number of alkyl halides is 4. The van der Waals surface area contributed by atoms with Crippen LogP contribution < -0.4 is 20.7 Å². The number of likely N-dealkylation sites (tertiary alicyclic amines) is 1. The van der Waals surface area contributed by atoms with Crippen LogP contribution in [0.4, 0.5) is 28.9 Å². The van der Waals surface area contributed by atoms with E-state index < -0.39 is 24.8 Å². The third kappa shape index (κ3) is 7.24. The van der Waals surface area contributed by atoms with Crippen molar-refractivity contribution in [3.63, 3.8) is 0 Å². The molecule has 2 heterocycles. The molecule has 2 unspecified atom stereocenters. The Morgan fingerprint density at radius 2 is 1.98 bits per heavy atom. The topological polar surface area (TPSA) is 65.6 Å². The molecule has 1 aromatic heterocycles.